The van der Waals surface area contributed by atoms with Crippen LogP contribution >= 0.6 is 0 Å². The molecule has 0 saturated heterocycles. The highest BCUT2D eigenvalue weighted by Crippen LogP contribution is 2.21. The fraction of sp³-hybridized carbons (Fsp3) is 0.174. The zero-order chi connectivity index (χ0) is 20.2. The molecule has 0 aliphatic rings. The van der Waals surface area contributed by atoms with E-state index in [1.807, 2.05) is 54.7 Å². The van der Waals surface area contributed by atoms with Gasteiger partial charge in [0.2, 0.25) is 11.8 Å². The van der Waals surface area contributed by atoms with E-state index < -0.39 is 0 Å². The summed E-state index contributed by atoms with van der Waals surface area (Å²) in [6.07, 6.45) is 4.33. The van der Waals surface area contributed by atoms with Gasteiger partial charge in [-0.1, -0.05) is 36.4 Å². The zero-order valence-corrected chi connectivity index (χ0v) is 16.2. The third kappa shape index (κ3) is 4.11. The number of pyridine rings is 1. The molecule has 0 unspecified atom stereocenters. The second-order valence-electron chi connectivity index (χ2n) is 6.98. The maximum Gasteiger partial charge on any atom is 0.244 e. The summed E-state index contributed by atoms with van der Waals surface area (Å²) in [6.45, 7) is 1.96. The smallest absolute Gasteiger partial charge is 0.244 e. The topological polar surface area (TPSA) is 78.1 Å². The number of carbonyl (C=O) groups excluding carboxylic acids is 2. The number of hydrogen-bond acceptors (Lipinski definition) is 3. The monoisotopic (exact) mass is 386 g/mol. The van der Waals surface area contributed by atoms with E-state index >= 15 is 0 Å². The number of H-pyrrole nitrogens is 1. The quantitative estimate of drug-likeness (QED) is 0.530. The van der Waals surface area contributed by atoms with Gasteiger partial charge in [-0.15, -0.1) is 0 Å². The number of hydrogen-bond donors (Lipinski definition) is 2. The number of amides is 2. The Morgan fingerprint density at radius 3 is 2.76 bits per heavy atom. The lowest BCUT2D eigenvalue weighted by Gasteiger charge is -2.20. The van der Waals surface area contributed by atoms with E-state index in [1.165, 1.54) is 6.92 Å². The van der Waals surface area contributed by atoms with E-state index in [-0.39, 0.29) is 18.4 Å². The molecule has 29 heavy (non-hydrogen) atoms. The minimum Gasteiger partial charge on any atom is -0.361 e. The second kappa shape index (κ2) is 8.14. The van der Waals surface area contributed by atoms with Gasteiger partial charge in [-0.2, -0.15) is 0 Å². The molecule has 0 aliphatic carbocycles. The Bertz CT molecular complexity index is 1180. The van der Waals surface area contributed by atoms with Crippen LogP contribution in [0.25, 0.3) is 21.8 Å². The van der Waals surface area contributed by atoms with Gasteiger partial charge in [-0.25, -0.2) is 0 Å². The lowest BCUT2D eigenvalue weighted by Crippen LogP contribution is -2.38. The molecule has 0 fully saturated rings. The van der Waals surface area contributed by atoms with Gasteiger partial charge in [0, 0.05) is 42.2 Å². The number of carbonyl (C=O) groups is 2. The Balaban J connectivity index is 1.44. The van der Waals surface area contributed by atoms with Crippen LogP contribution in [-0.2, 0) is 16.0 Å². The van der Waals surface area contributed by atoms with E-state index in [1.54, 1.807) is 11.1 Å². The molecular formula is C23H22N4O2. The van der Waals surface area contributed by atoms with Gasteiger partial charge in [-0.05, 0) is 30.2 Å². The molecule has 2 aromatic carbocycles. The summed E-state index contributed by atoms with van der Waals surface area (Å²) >= 11 is 0. The Hall–Kier alpha value is -3.67. The predicted molar refractivity (Wildman–Crippen MR) is 115 cm³/mol. The van der Waals surface area contributed by atoms with Crippen molar-refractivity contribution in [3.05, 3.63) is 72.6 Å². The number of benzene rings is 2. The van der Waals surface area contributed by atoms with Crippen molar-refractivity contribution in [2.75, 3.05) is 18.4 Å². The Morgan fingerprint density at radius 2 is 1.90 bits per heavy atom. The molecule has 2 amide bonds. The average molecular weight is 386 g/mol. The van der Waals surface area contributed by atoms with Gasteiger partial charge in [0.25, 0.3) is 0 Å². The molecule has 2 heterocycles. The number of aromatic nitrogens is 2. The highest BCUT2D eigenvalue weighted by molar-refractivity contribution is 6.01. The maximum atomic E-state index is 12.6. The molecule has 6 nitrogen and oxygen atoms in total. The summed E-state index contributed by atoms with van der Waals surface area (Å²) in [5, 5.41) is 4.98. The number of para-hydroxylation sites is 2. The summed E-state index contributed by atoms with van der Waals surface area (Å²) < 4.78 is 0. The number of fused-ring (bicyclic) bond motifs is 2. The molecule has 0 saturated carbocycles. The molecule has 4 rings (SSSR count). The van der Waals surface area contributed by atoms with E-state index in [9.17, 15) is 9.59 Å². The van der Waals surface area contributed by atoms with Crippen molar-refractivity contribution >= 4 is 39.3 Å². The first-order valence-corrected chi connectivity index (χ1v) is 9.56. The van der Waals surface area contributed by atoms with Crippen molar-refractivity contribution in [1.82, 2.24) is 14.9 Å². The summed E-state index contributed by atoms with van der Waals surface area (Å²) in [5.74, 6) is -0.367. The van der Waals surface area contributed by atoms with Crippen LogP contribution in [0.4, 0.5) is 5.69 Å². The average Bonchev–Trinajstić information content (AvgIpc) is 3.14. The van der Waals surface area contributed by atoms with Crippen LogP contribution < -0.4 is 5.32 Å². The Kier molecular flexibility index (Phi) is 5.24. The standard InChI is InChI=1S/C23H22N4O2/c1-16(28)27(13-11-18-14-25-20-9-3-2-8-19(18)20)15-22(29)26-21-10-4-6-17-7-5-12-24-23(17)21/h2-10,12,14,25H,11,13,15H2,1H3,(H,26,29). The van der Waals surface area contributed by atoms with Crippen LogP contribution in [-0.4, -0.2) is 39.8 Å². The first kappa shape index (κ1) is 18.7. The van der Waals surface area contributed by atoms with Crippen LogP contribution in [0.3, 0.4) is 0 Å². The van der Waals surface area contributed by atoms with E-state index in [4.69, 9.17) is 0 Å². The van der Waals surface area contributed by atoms with Crippen LogP contribution in [0.5, 0.6) is 0 Å². The summed E-state index contributed by atoms with van der Waals surface area (Å²) in [7, 11) is 0. The highest BCUT2D eigenvalue weighted by atomic mass is 16.2. The fourth-order valence-corrected chi connectivity index (χ4v) is 3.51. The largest absolute Gasteiger partial charge is 0.361 e. The molecule has 6 heteroatoms. The third-order valence-corrected chi connectivity index (χ3v) is 5.01. The number of nitrogens with zero attached hydrogens (tertiary/aromatic N) is 2. The molecule has 4 aromatic rings. The second-order valence-corrected chi connectivity index (χ2v) is 6.98. The number of anilines is 1. The van der Waals surface area contributed by atoms with Crippen LogP contribution in [0.2, 0.25) is 0 Å². The van der Waals surface area contributed by atoms with Crippen LogP contribution in [0, 0.1) is 0 Å². The normalized spacial score (nSPS) is 10.9. The molecule has 146 valence electrons. The fourth-order valence-electron chi connectivity index (χ4n) is 3.51. The van der Waals surface area contributed by atoms with Crippen molar-refractivity contribution in [2.24, 2.45) is 0 Å². The van der Waals surface area contributed by atoms with Crippen molar-refractivity contribution in [3.63, 3.8) is 0 Å². The Labute approximate surface area is 168 Å². The first-order chi connectivity index (χ1) is 14.1. The first-order valence-electron chi connectivity index (χ1n) is 9.56. The molecule has 0 aliphatic heterocycles. The summed E-state index contributed by atoms with van der Waals surface area (Å²) in [6, 6.07) is 17.5. The van der Waals surface area contributed by atoms with Gasteiger partial charge >= 0.3 is 0 Å². The summed E-state index contributed by atoms with van der Waals surface area (Å²) in [4.78, 5) is 33.9. The predicted octanol–water partition coefficient (Wildman–Crippen LogP) is 3.75. The minimum absolute atomic E-state index is 0.000903. The van der Waals surface area contributed by atoms with Gasteiger partial charge in [-0.3, -0.25) is 14.6 Å². The lowest BCUT2D eigenvalue weighted by atomic mass is 10.1. The highest BCUT2D eigenvalue weighted by Gasteiger charge is 2.15. The molecule has 0 radical (unpaired) electrons. The van der Waals surface area contributed by atoms with Crippen LogP contribution in [0.1, 0.15) is 12.5 Å². The molecule has 0 bridgehead atoms. The van der Waals surface area contributed by atoms with E-state index in [2.05, 4.69) is 21.4 Å². The van der Waals surface area contributed by atoms with Gasteiger partial charge in [0.05, 0.1) is 17.7 Å². The van der Waals surface area contributed by atoms with E-state index in [0.29, 0.717) is 18.7 Å². The molecular weight excluding hydrogens is 364 g/mol. The van der Waals surface area contributed by atoms with Crippen LogP contribution in [0.15, 0.2) is 67.0 Å². The molecule has 2 N–H and O–H groups in total. The lowest BCUT2D eigenvalue weighted by molar-refractivity contribution is -0.132. The maximum absolute atomic E-state index is 12.6. The molecule has 0 spiro atoms. The van der Waals surface area contributed by atoms with Gasteiger partial charge in [0.15, 0.2) is 0 Å². The number of rotatable bonds is 6. The molecule has 0 atom stereocenters. The Morgan fingerprint density at radius 1 is 1.07 bits per heavy atom. The number of nitrogens with one attached hydrogen (secondary N) is 2. The van der Waals surface area contributed by atoms with Crippen molar-refractivity contribution < 1.29 is 9.59 Å². The number of aromatic amines is 1. The third-order valence-electron chi connectivity index (χ3n) is 5.01. The van der Waals surface area contributed by atoms with Gasteiger partial charge < -0.3 is 15.2 Å². The zero-order valence-electron chi connectivity index (χ0n) is 16.2. The van der Waals surface area contributed by atoms with Crippen molar-refractivity contribution in [2.45, 2.75) is 13.3 Å². The molecule has 2 aromatic heterocycles. The minimum atomic E-state index is -0.239. The SMILES string of the molecule is CC(=O)N(CCc1c[nH]c2ccccc12)CC(=O)Nc1cccc2cccnc12. The van der Waals surface area contributed by atoms with E-state index in [0.717, 1.165) is 27.4 Å². The van der Waals surface area contributed by atoms with Gasteiger partial charge in [0.1, 0.15) is 0 Å². The summed E-state index contributed by atoms with van der Waals surface area (Å²) in [5.41, 5.74) is 3.58. The van der Waals surface area contributed by atoms with Crippen molar-refractivity contribution in [1.29, 1.82) is 0 Å². The van der Waals surface area contributed by atoms with Crippen molar-refractivity contribution in [3.8, 4) is 0 Å².